The maximum absolute atomic E-state index is 4.22. The smallest absolute Gasteiger partial charge is 0.200 e. The van der Waals surface area contributed by atoms with Crippen LogP contribution in [0.25, 0.3) is 0 Å². The number of hydrogen-bond acceptors (Lipinski definition) is 2. The minimum Gasteiger partial charge on any atom is -0.352 e. The van der Waals surface area contributed by atoms with E-state index in [9.17, 15) is 0 Å². The Bertz CT molecular complexity index is 460. The maximum atomic E-state index is 4.22. The molecular weight excluding hydrogens is 198 g/mol. The Labute approximate surface area is 95.9 Å². The number of aromatic amines is 1. The first-order valence-corrected chi connectivity index (χ1v) is 5.62. The van der Waals surface area contributed by atoms with Gasteiger partial charge in [-0.15, -0.1) is 0 Å². The number of aryl methyl sites for hydroxylation is 2. The lowest BCUT2D eigenvalue weighted by Crippen LogP contribution is -2.03. The number of nitrogens with zero attached hydrogens (tertiary/aromatic N) is 1. The Morgan fingerprint density at radius 1 is 1.25 bits per heavy atom. The number of rotatable bonds is 4. The Hall–Kier alpha value is -1.77. The molecule has 0 saturated carbocycles. The minimum absolute atomic E-state index is 0.816. The fourth-order valence-corrected chi connectivity index (χ4v) is 1.76. The van der Waals surface area contributed by atoms with E-state index >= 15 is 0 Å². The SMILES string of the molecule is CCc1ccccc1CNc1ncc(C)[nH]1. The molecule has 1 aromatic heterocycles. The molecule has 0 radical (unpaired) electrons. The number of H-pyrrole nitrogens is 1. The van der Waals surface area contributed by atoms with E-state index in [2.05, 4.69) is 46.5 Å². The highest BCUT2D eigenvalue weighted by Gasteiger charge is 2.00. The predicted octanol–water partition coefficient (Wildman–Crippen LogP) is 2.89. The normalized spacial score (nSPS) is 10.4. The highest BCUT2D eigenvalue weighted by molar-refractivity contribution is 5.33. The quantitative estimate of drug-likeness (QED) is 0.823. The van der Waals surface area contributed by atoms with E-state index in [-0.39, 0.29) is 0 Å². The summed E-state index contributed by atoms with van der Waals surface area (Å²) < 4.78 is 0. The summed E-state index contributed by atoms with van der Waals surface area (Å²) >= 11 is 0. The molecule has 0 spiro atoms. The highest BCUT2D eigenvalue weighted by atomic mass is 15.1. The van der Waals surface area contributed by atoms with Gasteiger partial charge in [-0.3, -0.25) is 0 Å². The second kappa shape index (κ2) is 4.84. The number of imidazole rings is 1. The third kappa shape index (κ3) is 2.42. The van der Waals surface area contributed by atoms with Gasteiger partial charge in [0.2, 0.25) is 5.95 Å². The van der Waals surface area contributed by atoms with Gasteiger partial charge in [0.1, 0.15) is 0 Å². The second-order valence-corrected chi connectivity index (χ2v) is 3.89. The Morgan fingerprint density at radius 3 is 2.62 bits per heavy atom. The first-order valence-electron chi connectivity index (χ1n) is 5.62. The number of aromatic nitrogens is 2. The van der Waals surface area contributed by atoms with Gasteiger partial charge in [0.25, 0.3) is 0 Å². The van der Waals surface area contributed by atoms with Crippen LogP contribution in [-0.4, -0.2) is 9.97 Å². The van der Waals surface area contributed by atoms with Crippen molar-refractivity contribution in [2.24, 2.45) is 0 Å². The van der Waals surface area contributed by atoms with Crippen molar-refractivity contribution in [3.63, 3.8) is 0 Å². The van der Waals surface area contributed by atoms with E-state index in [1.54, 1.807) is 0 Å². The largest absolute Gasteiger partial charge is 0.352 e. The second-order valence-electron chi connectivity index (χ2n) is 3.89. The average Bonchev–Trinajstić information content (AvgIpc) is 2.73. The minimum atomic E-state index is 0.816. The van der Waals surface area contributed by atoms with Crippen molar-refractivity contribution >= 4 is 5.95 Å². The number of anilines is 1. The molecule has 1 heterocycles. The molecule has 0 atom stereocenters. The van der Waals surface area contributed by atoms with Crippen LogP contribution >= 0.6 is 0 Å². The summed E-state index contributed by atoms with van der Waals surface area (Å²) in [5, 5.41) is 3.29. The number of benzene rings is 1. The van der Waals surface area contributed by atoms with Crippen LogP contribution in [0.2, 0.25) is 0 Å². The Balaban J connectivity index is 2.04. The molecule has 3 nitrogen and oxygen atoms in total. The van der Waals surface area contributed by atoms with Gasteiger partial charge < -0.3 is 10.3 Å². The van der Waals surface area contributed by atoms with Gasteiger partial charge in [-0.2, -0.15) is 0 Å². The van der Waals surface area contributed by atoms with Gasteiger partial charge in [0, 0.05) is 18.4 Å². The van der Waals surface area contributed by atoms with Crippen LogP contribution in [0, 0.1) is 6.92 Å². The fourth-order valence-electron chi connectivity index (χ4n) is 1.76. The van der Waals surface area contributed by atoms with Crippen molar-refractivity contribution in [3.05, 3.63) is 47.3 Å². The van der Waals surface area contributed by atoms with Crippen LogP contribution in [0.3, 0.4) is 0 Å². The summed E-state index contributed by atoms with van der Waals surface area (Å²) in [5.74, 6) is 0.836. The van der Waals surface area contributed by atoms with Crippen molar-refractivity contribution in [1.29, 1.82) is 0 Å². The molecule has 0 fully saturated rings. The molecule has 0 aliphatic heterocycles. The lowest BCUT2D eigenvalue weighted by Gasteiger charge is -2.08. The van der Waals surface area contributed by atoms with Crippen molar-refractivity contribution in [2.45, 2.75) is 26.8 Å². The van der Waals surface area contributed by atoms with Gasteiger partial charge in [0.05, 0.1) is 0 Å². The molecule has 3 heteroatoms. The molecule has 0 unspecified atom stereocenters. The standard InChI is InChI=1S/C13H17N3/c1-3-11-6-4-5-7-12(11)9-15-13-14-8-10(2)16-13/h4-8H,3,9H2,1-2H3,(H2,14,15,16). The van der Waals surface area contributed by atoms with Crippen LogP contribution in [0.4, 0.5) is 5.95 Å². The summed E-state index contributed by atoms with van der Waals surface area (Å²) in [4.78, 5) is 7.38. The van der Waals surface area contributed by atoms with Crippen LogP contribution in [0.15, 0.2) is 30.5 Å². The van der Waals surface area contributed by atoms with E-state index in [0.717, 1.165) is 24.6 Å². The number of nitrogens with one attached hydrogen (secondary N) is 2. The fraction of sp³-hybridized carbons (Fsp3) is 0.308. The maximum Gasteiger partial charge on any atom is 0.200 e. The summed E-state index contributed by atoms with van der Waals surface area (Å²) in [5.41, 5.74) is 3.80. The molecule has 1 aromatic carbocycles. The van der Waals surface area contributed by atoms with E-state index in [4.69, 9.17) is 0 Å². The zero-order valence-corrected chi connectivity index (χ0v) is 9.75. The average molecular weight is 215 g/mol. The van der Waals surface area contributed by atoms with Crippen molar-refractivity contribution in [3.8, 4) is 0 Å². The summed E-state index contributed by atoms with van der Waals surface area (Å²) in [6, 6.07) is 8.48. The highest BCUT2D eigenvalue weighted by Crippen LogP contribution is 2.11. The zero-order valence-electron chi connectivity index (χ0n) is 9.75. The van der Waals surface area contributed by atoms with Crippen molar-refractivity contribution in [2.75, 3.05) is 5.32 Å². The molecule has 0 amide bonds. The first kappa shape index (κ1) is 10.7. The molecule has 84 valence electrons. The lowest BCUT2D eigenvalue weighted by atomic mass is 10.1. The molecule has 16 heavy (non-hydrogen) atoms. The summed E-state index contributed by atoms with van der Waals surface area (Å²) in [7, 11) is 0. The third-order valence-corrected chi connectivity index (χ3v) is 2.65. The Morgan fingerprint density at radius 2 is 2.00 bits per heavy atom. The van der Waals surface area contributed by atoms with Gasteiger partial charge in [-0.05, 0) is 24.5 Å². The van der Waals surface area contributed by atoms with Gasteiger partial charge in [0.15, 0.2) is 0 Å². The number of hydrogen-bond donors (Lipinski definition) is 2. The predicted molar refractivity (Wildman–Crippen MR) is 66.5 cm³/mol. The van der Waals surface area contributed by atoms with E-state index in [1.165, 1.54) is 11.1 Å². The third-order valence-electron chi connectivity index (χ3n) is 2.65. The van der Waals surface area contributed by atoms with Crippen LogP contribution < -0.4 is 5.32 Å². The molecule has 2 N–H and O–H groups in total. The molecule has 0 bridgehead atoms. The van der Waals surface area contributed by atoms with Crippen LogP contribution in [-0.2, 0) is 13.0 Å². The lowest BCUT2D eigenvalue weighted by molar-refractivity contribution is 1.02. The first-order chi connectivity index (χ1) is 7.79. The van der Waals surface area contributed by atoms with Gasteiger partial charge in [-0.1, -0.05) is 31.2 Å². The molecular formula is C13H17N3. The van der Waals surface area contributed by atoms with Gasteiger partial charge >= 0.3 is 0 Å². The molecule has 2 rings (SSSR count). The van der Waals surface area contributed by atoms with E-state index in [1.807, 2.05) is 13.1 Å². The van der Waals surface area contributed by atoms with Crippen molar-refractivity contribution < 1.29 is 0 Å². The summed E-state index contributed by atoms with van der Waals surface area (Å²) in [6.45, 7) is 4.99. The topological polar surface area (TPSA) is 40.7 Å². The molecule has 0 aliphatic rings. The Kier molecular flexibility index (Phi) is 3.25. The monoisotopic (exact) mass is 215 g/mol. The molecule has 2 aromatic rings. The van der Waals surface area contributed by atoms with E-state index in [0.29, 0.717) is 0 Å². The zero-order chi connectivity index (χ0) is 11.4. The van der Waals surface area contributed by atoms with Crippen LogP contribution in [0.1, 0.15) is 23.7 Å². The molecule has 0 aliphatic carbocycles. The van der Waals surface area contributed by atoms with Crippen molar-refractivity contribution in [1.82, 2.24) is 9.97 Å². The molecule has 0 saturated heterocycles. The summed E-state index contributed by atoms with van der Waals surface area (Å²) in [6.07, 6.45) is 2.89. The van der Waals surface area contributed by atoms with Crippen LogP contribution in [0.5, 0.6) is 0 Å². The van der Waals surface area contributed by atoms with E-state index < -0.39 is 0 Å². The van der Waals surface area contributed by atoms with Gasteiger partial charge in [-0.25, -0.2) is 4.98 Å².